The van der Waals surface area contributed by atoms with Crippen molar-refractivity contribution < 1.29 is 18.0 Å². The number of pyridine rings is 1. The van der Waals surface area contributed by atoms with Crippen LogP contribution in [0.5, 0.6) is 0 Å². The summed E-state index contributed by atoms with van der Waals surface area (Å²) in [5.74, 6) is -0.284. The standard InChI is InChI=1S/C21H24F3N3O/c22-21(23,24)16-10-11-19(27-13-4-1-5-14-27)18(15-16)26-20(28)9-6-8-17-7-2-3-12-25-17/h2-3,7,10-12,15H,1,4-6,8-9,13-14H2,(H,26,28). The molecule has 0 spiro atoms. The molecule has 3 rings (SSSR count). The van der Waals surface area contributed by atoms with Gasteiger partial charge in [0, 0.05) is 31.4 Å². The predicted molar refractivity (Wildman–Crippen MR) is 103 cm³/mol. The maximum Gasteiger partial charge on any atom is 0.416 e. The minimum atomic E-state index is -4.45. The normalized spacial score (nSPS) is 14.8. The van der Waals surface area contributed by atoms with E-state index < -0.39 is 11.7 Å². The first kappa shape index (κ1) is 20.2. The number of rotatable bonds is 6. The molecule has 0 atom stereocenters. The van der Waals surface area contributed by atoms with E-state index in [1.807, 2.05) is 23.1 Å². The average molecular weight is 391 g/mol. The summed E-state index contributed by atoms with van der Waals surface area (Å²) < 4.78 is 39.4. The van der Waals surface area contributed by atoms with E-state index in [1.165, 1.54) is 6.07 Å². The number of halogens is 3. The Balaban J connectivity index is 1.69. The Morgan fingerprint density at radius 3 is 2.57 bits per heavy atom. The van der Waals surface area contributed by atoms with Crippen LogP contribution in [-0.4, -0.2) is 24.0 Å². The molecule has 1 saturated heterocycles. The lowest BCUT2D eigenvalue weighted by Crippen LogP contribution is -2.30. The molecule has 2 aromatic rings. The zero-order chi connectivity index (χ0) is 20.0. The molecule has 1 aromatic carbocycles. The van der Waals surface area contributed by atoms with Crippen LogP contribution in [0, 0.1) is 0 Å². The first-order valence-corrected chi connectivity index (χ1v) is 9.59. The van der Waals surface area contributed by atoms with Crippen molar-refractivity contribution >= 4 is 17.3 Å². The largest absolute Gasteiger partial charge is 0.416 e. The highest BCUT2D eigenvalue weighted by atomic mass is 19.4. The molecule has 2 heterocycles. The average Bonchev–Trinajstić information content (AvgIpc) is 2.69. The van der Waals surface area contributed by atoms with Crippen molar-refractivity contribution in [3.8, 4) is 0 Å². The van der Waals surface area contributed by atoms with Crippen molar-refractivity contribution in [2.75, 3.05) is 23.3 Å². The molecule has 4 nitrogen and oxygen atoms in total. The Bertz CT molecular complexity index is 787. The molecule has 1 fully saturated rings. The highest BCUT2D eigenvalue weighted by Gasteiger charge is 2.31. The fourth-order valence-electron chi connectivity index (χ4n) is 3.41. The van der Waals surface area contributed by atoms with Gasteiger partial charge >= 0.3 is 6.18 Å². The second kappa shape index (κ2) is 9.08. The minimum Gasteiger partial charge on any atom is -0.370 e. The molecule has 7 heteroatoms. The highest BCUT2D eigenvalue weighted by molar-refractivity contribution is 5.94. The summed E-state index contributed by atoms with van der Waals surface area (Å²) in [5.41, 5.74) is 1.03. The zero-order valence-electron chi connectivity index (χ0n) is 15.6. The Morgan fingerprint density at radius 2 is 1.89 bits per heavy atom. The molecular formula is C21H24F3N3O. The molecule has 0 radical (unpaired) electrons. The van der Waals surface area contributed by atoms with E-state index in [0.29, 0.717) is 18.5 Å². The van der Waals surface area contributed by atoms with E-state index in [-0.39, 0.29) is 18.0 Å². The summed E-state index contributed by atoms with van der Waals surface area (Å²) in [5, 5.41) is 2.71. The van der Waals surface area contributed by atoms with E-state index in [9.17, 15) is 18.0 Å². The molecule has 0 aliphatic carbocycles. The lowest BCUT2D eigenvalue weighted by molar-refractivity contribution is -0.137. The summed E-state index contributed by atoms with van der Waals surface area (Å²) in [6.07, 6.45) is 1.83. The molecule has 28 heavy (non-hydrogen) atoms. The number of hydrogen-bond donors (Lipinski definition) is 1. The van der Waals surface area contributed by atoms with Gasteiger partial charge in [-0.05, 0) is 62.4 Å². The number of benzene rings is 1. The Morgan fingerprint density at radius 1 is 1.11 bits per heavy atom. The SMILES string of the molecule is O=C(CCCc1ccccn1)Nc1cc(C(F)(F)F)ccc1N1CCCCC1. The van der Waals surface area contributed by atoms with E-state index in [1.54, 1.807) is 6.20 Å². The molecule has 150 valence electrons. The lowest BCUT2D eigenvalue weighted by Gasteiger charge is -2.31. The first-order chi connectivity index (χ1) is 13.4. The summed E-state index contributed by atoms with van der Waals surface area (Å²) >= 11 is 0. The van der Waals surface area contributed by atoms with E-state index in [4.69, 9.17) is 0 Å². The molecular weight excluding hydrogens is 367 g/mol. The number of alkyl halides is 3. The lowest BCUT2D eigenvalue weighted by atomic mass is 10.1. The highest BCUT2D eigenvalue weighted by Crippen LogP contribution is 2.36. The van der Waals surface area contributed by atoms with Gasteiger partial charge in [-0.2, -0.15) is 13.2 Å². The maximum absolute atomic E-state index is 13.1. The number of amides is 1. The van der Waals surface area contributed by atoms with Crippen molar-refractivity contribution in [2.24, 2.45) is 0 Å². The topological polar surface area (TPSA) is 45.2 Å². The van der Waals surface area contributed by atoms with Gasteiger partial charge in [-0.25, -0.2) is 0 Å². The Labute approximate surface area is 162 Å². The molecule has 1 N–H and O–H groups in total. The van der Waals surface area contributed by atoms with Gasteiger partial charge in [-0.3, -0.25) is 9.78 Å². The first-order valence-electron chi connectivity index (χ1n) is 9.59. The van der Waals surface area contributed by atoms with Crippen molar-refractivity contribution in [3.05, 3.63) is 53.9 Å². The molecule has 0 saturated carbocycles. The smallest absolute Gasteiger partial charge is 0.370 e. The molecule has 1 aliphatic heterocycles. The number of hydrogen-bond acceptors (Lipinski definition) is 3. The fourth-order valence-corrected chi connectivity index (χ4v) is 3.41. The number of nitrogens with one attached hydrogen (secondary N) is 1. The van der Waals surface area contributed by atoms with Crippen LogP contribution < -0.4 is 10.2 Å². The van der Waals surface area contributed by atoms with E-state index in [0.717, 1.165) is 50.2 Å². The van der Waals surface area contributed by atoms with Crippen LogP contribution in [0.25, 0.3) is 0 Å². The van der Waals surface area contributed by atoms with Gasteiger partial charge in [-0.1, -0.05) is 6.07 Å². The number of aryl methyl sites for hydroxylation is 1. The number of aromatic nitrogens is 1. The van der Waals surface area contributed by atoms with Gasteiger partial charge in [0.15, 0.2) is 0 Å². The van der Waals surface area contributed by atoms with Crippen LogP contribution >= 0.6 is 0 Å². The van der Waals surface area contributed by atoms with Gasteiger partial charge in [0.25, 0.3) is 0 Å². The third-order valence-corrected chi connectivity index (χ3v) is 4.86. The number of carbonyl (C=O) groups is 1. The van der Waals surface area contributed by atoms with Crippen LogP contribution in [0.3, 0.4) is 0 Å². The maximum atomic E-state index is 13.1. The van der Waals surface area contributed by atoms with Crippen LogP contribution in [0.1, 0.15) is 43.4 Å². The van der Waals surface area contributed by atoms with E-state index >= 15 is 0 Å². The third-order valence-electron chi connectivity index (χ3n) is 4.86. The fraction of sp³-hybridized carbons (Fsp3) is 0.429. The zero-order valence-corrected chi connectivity index (χ0v) is 15.6. The van der Waals surface area contributed by atoms with Crippen LogP contribution in [-0.2, 0) is 17.4 Å². The summed E-state index contributed by atoms with van der Waals surface area (Å²) in [4.78, 5) is 18.6. The van der Waals surface area contributed by atoms with Gasteiger partial charge < -0.3 is 10.2 Å². The summed E-state index contributed by atoms with van der Waals surface area (Å²) in [6.45, 7) is 1.57. The van der Waals surface area contributed by atoms with Crippen LogP contribution in [0.4, 0.5) is 24.5 Å². The van der Waals surface area contributed by atoms with Crippen molar-refractivity contribution in [2.45, 2.75) is 44.7 Å². The molecule has 1 amide bonds. The van der Waals surface area contributed by atoms with Gasteiger partial charge in [0.2, 0.25) is 5.91 Å². The molecule has 0 bridgehead atoms. The van der Waals surface area contributed by atoms with Crippen molar-refractivity contribution in [1.82, 2.24) is 4.98 Å². The minimum absolute atomic E-state index is 0.228. The molecule has 1 aliphatic rings. The van der Waals surface area contributed by atoms with Gasteiger partial charge in [-0.15, -0.1) is 0 Å². The second-order valence-corrected chi connectivity index (χ2v) is 7.00. The van der Waals surface area contributed by atoms with Crippen molar-refractivity contribution in [3.63, 3.8) is 0 Å². The quantitative estimate of drug-likeness (QED) is 0.749. The number of nitrogens with zero attached hydrogens (tertiary/aromatic N) is 2. The van der Waals surface area contributed by atoms with E-state index in [2.05, 4.69) is 10.3 Å². The second-order valence-electron chi connectivity index (χ2n) is 7.00. The number of anilines is 2. The predicted octanol–water partition coefficient (Wildman–Crippen LogP) is 5.05. The summed E-state index contributed by atoms with van der Waals surface area (Å²) in [7, 11) is 0. The molecule has 0 unspecified atom stereocenters. The molecule has 1 aromatic heterocycles. The number of carbonyl (C=O) groups excluding carboxylic acids is 1. The Hall–Kier alpha value is -2.57. The van der Waals surface area contributed by atoms with Crippen LogP contribution in [0.15, 0.2) is 42.6 Å². The van der Waals surface area contributed by atoms with Crippen molar-refractivity contribution in [1.29, 1.82) is 0 Å². The summed E-state index contributed by atoms with van der Waals surface area (Å²) in [6, 6.07) is 9.19. The van der Waals surface area contributed by atoms with Gasteiger partial charge in [0.05, 0.1) is 16.9 Å². The third kappa shape index (κ3) is 5.47. The number of piperidine rings is 1. The Kier molecular flexibility index (Phi) is 6.54. The monoisotopic (exact) mass is 391 g/mol. The van der Waals surface area contributed by atoms with Crippen LogP contribution in [0.2, 0.25) is 0 Å². The van der Waals surface area contributed by atoms with Gasteiger partial charge in [0.1, 0.15) is 0 Å².